The van der Waals surface area contributed by atoms with Crippen molar-refractivity contribution in [3.8, 4) is 0 Å². The highest BCUT2D eigenvalue weighted by molar-refractivity contribution is 8.00. The highest BCUT2D eigenvalue weighted by Crippen LogP contribution is 2.33. The topological polar surface area (TPSA) is 64.5 Å². The van der Waals surface area contributed by atoms with Crippen LogP contribution in [0.25, 0.3) is 0 Å². The minimum Gasteiger partial charge on any atom is -0.250 e. The van der Waals surface area contributed by atoms with Crippen LogP contribution in [0.3, 0.4) is 0 Å². The van der Waals surface area contributed by atoms with Crippen molar-refractivity contribution in [1.29, 1.82) is 0 Å². The zero-order valence-corrected chi connectivity index (χ0v) is 16.4. The van der Waals surface area contributed by atoms with Crippen LogP contribution >= 0.6 is 35.3 Å². The number of rotatable bonds is 6. The Labute approximate surface area is 169 Å². The Bertz CT molecular complexity index is 857. The molecule has 0 spiro atoms. The number of aromatic nitrogens is 5. The molecule has 0 aliphatic rings. The monoisotopic (exact) mass is 407 g/mol. The summed E-state index contributed by atoms with van der Waals surface area (Å²) in [7, 11) is 0. The largest absolute Gasteiger partial charge is 0.250 e. The zero-order valence-electron chi connectivity index (χ0n) is 14.0. The second kappa shape index (κ2) is 8.98. The molecule has 0 bridgehead atoms. The third-order valence-electron chi connectivity index (χ3n) is 3.19. The van der Waals surface area contributed by atoms with Gasteiger partial charge in [-0.3, -0.25) is 0 Å². The first kappa shape index (κ1) is 18.0. The summed E-state index contributed by atoms with van der Waals surface area (Å²) in [5.74, 6) is 0. The van der Waals surface area contributed by atoms with E-state index in [-0.39, 0.29) is 0 Å². The van der Waals surface area contributed by atoms with Crippen molar-refractivity contribution in [3.05, 3.63) is 79.3 Å². The fourth-order valence-electron chi connectivity index (χ4n) is 2.06. The Morgan fingerprint density at radius 3 is 1.33 bits per heavy atom. The Balaban J connectivity index is 1.64. The van der Waals surface area contributed by atoms with Gasteiger partial charge in [0.15, 0.2) is 5.16 Å². The van der Waals surface area contributed by atoms with Crippen molar-refractivity contribution >= 4 is 35.3 Å². The zero-order chi connectivity index (χ0) is 18.3. The van der Waals surface area contributed by atoms with Crippen LogP contribution in [0.4, 0.5) is 0 Å². The van der Waals surface area contributed by atoms with Crippen molar-refractivity contribution < 1.29 is 0 Å². The molecule has 0 atom stereocenters. The van der Waals surface area contributed by atoms with E-state index in [4.69, 9.17) is 0 Å². The molecular formula is C19H13N5S3. The molecule has 0 saturated carbocycles. The van der Waals surface area contributed by atoms with E-state index < -0.39 is 0 Å². The van der Waals surface area contributed by atoms with Gasteiger partial charge in [0.05, 0.1) is 0 Å². The standard InChI is InChI=1S/C19H13N5S3/c1-4-10-20-14(7-1)25-17-13-18(26-15-8-2-5-11-21-15)24-19(23-17)27-16-9-3-6-12-22-16/h1-13H. The molecule has 4 heterocycles. The highest BCUT2D eigenvalue weighted by Gasteiger charge is 2.11. The molecule has 4 aromatic rings. The van der Waals surface area contributed by atoms with E-state index in [0.29, 0.717) is 5.16 Å². The fourth-order valence-corrected chi connectivity index (χ4v) is 4.54. The first-order valence-corrected chi connectivity index (χ1v) is 10.5. The van der Waals surface area contributed by atoms with E-state index in [1.165, 1.54) is 35.3 Å². The molecule has 8 heteroatoms. The van der Waals surface area contributed by atoms with E-state index in [1.807, 2.05) is 60.7 Å². The van der Waals surface area contributed by atoms with E-state index in [1.54, 1.807) is 18.6 Å². The Hall–Kier alpha value is -2.42. The molecule has 4 rings (SSSR count). The normalized spacial score (nSPS) is 10.7. The molecule has 0 aliphatic heterocycles. The van der Waals surface area contributed by atoms with Gasteiger partial charge in [0.1, 0.15) is 25.1 Å². The van der Waals surface area contributed by atoms with Gasteiger partial charge in [-0.1, -0.05) is 18.2 Å². The van der Waals surface area contributed by atoms with Gasteiger partial charge in [-0.15, -0.1) is 0 Å². The third kappa shape index (κ3) is 5.29. The first-order valence-electron chi connectivity index (χ1n) is 8.01. The van der Waals surface area contributed by atoms with Crippen LogP contribution in [0.2, 0.25) is 0 Å². The second-order valence-electron chi connectivity index (χ2n) is 5.14. The second-order valence-corrected chi connectivity index (χ2v) is 8.21. The van der Waals surface area contributed by atoms with Gasteiger partial charge in [-0.25, -0.2) is 24.9 Å². The van der Waals surface area contributed by atoms with E-state index in [2.05, 4.69) is 24.9 Å². The van der Waals surface area contributed by atoms with E-state index in [9.17, 15) is 0 Å². The van der Waals surface area contributed by atoms with Crippen LogP contribution in [0, 0.1) is 0 Å². The van der Waals surface area contributed by atoms with E-state index >= 15 is 0 Å². The summed E-state index contributed by atoms with van der Waals surface area (Å²) >= 11 is 4.45. The van der Waals surface area contributed by atoms with Gasteiger partial charge >= 0.3 is 0 Å². The quantitative estimate of drug-likeness (QED) is 0.322. The van der Waals surface area contributed by atoms with Crippen molar-refractivity contribution in [2.45, 2.75) is 30.3 Å². The van der Waals surface area contributed by atoms with Gasteiger partial charge in [-0.05, 0) is 71.7 Å². The lowest BCUT2D eigenvalue weighted by molar-refractivity contribution is 0.824. The lowest BCUT2D eigenvalue weighted by Crippen LogP contribution is -1.93. The van der Waals surface area contributed by atoms with Gasteiger partial charge in [0, 0.05) is 24.7 Å². The van der Waals surface area contributed by atoms with Crippen LogP contribution in [-0.4, -0.2) is 24.9 Å². The highest BCUT2D eigenvalue weighted by atomic mass is 32.2. The smallest absolute Gasteiger partial charge is 0.196 e. The minimum atomic E-state index is 0.646. The Morgan fingerprint density at radius 2 is 0.926 bits per heavy atom. The summed E-state index contributed by atoms with van der Waals surface area (Å²) in [5, 5.41) is 4.94. The molecule has 0 aromatic carbocycles. The van der Waals surface area contributed by atoms with Crippen molar-refractivity contribution in [1.82, 2.24) is 24.9 Å². The van der Waals surface area contributed by atoms with Crippen LogP contribution in [0.5, 0.6) is 0 Å². The maximum Gasteiger partial charge on any atom is 0.196 e. The van der Waals surface area contributed by atoms with Crippen molar-refractivity contribution in [2.24, 2.45) is 0 Å². The van der Waals surface area contributed by atoms with Crippen LogP contribution in [-0.2, 0) is 0 Å². The van der Waals surface area contributed by atoms with Crippen LogP contribution in [0.15, 0.2) is 110 Å². The lowest BCUT2D eigenvalue weighted by atomic mass is 10.5. The first-order chi connectivity index (χ1) is 13.3. The predicted octanol–water partition coefficient (Wildman–Crippen LogP) is 5.12. The van der Waals surface area contributed by atoms with Gasteiger partial charge < -0.3 is 0 Å². The van der Waals surface area contributed by atoms with Crippen LogP contribution < -0.4 is 0 Å². The molecule has 5 nitrogen and oxygen atoms in total. The van der Waals surface area contributed by atoms with Crippen LogP contribution in [0.1, 0.15) is 0 Å². The predicted molar refractivity (Wildman–Crippen MR) is 107 cm³/mol. The number of nitrogens with zero attached hydrogens (tertiary/aromatic N) is 5. The minimum absolute atomic E-state index is 0.646. The average molecular weight is 408 g/mol. The fraction of sp³-hybridized carbons (Fsp3) is 0. The van der Waals surface area contributed by atoms with Gasteiger partial charge in [0.2, 0.25) is 0 Å². The molecule has 27 heavy (non-hydrogen) atoms. The molecule has 0 unspecified atom stereocenters. The maximum atomic E-state index is 4.67. The third-order valence-corrected chi connectivity index (χ3v) is 5.74. The van der Waals surface area contributed by atoms with E-state index in [0.717, 1.165) is 25.1 Å². The maximum absolute atomic E-state index is 4.67. The van der Waals surface area contributed by atoms with Crippen molar-refractivity contribution in [3.63, 3.8) is 0 Å². The molecule has 0 amide bonds. The molecule has 132 valence electrons. The summed E-state index contributed by atoms with van der Waals surface area (Å²) in [4.78, 5) is 22.4. The summed E-state index contributed by atoms with van der Waals surface area (Å²) in [5.41, 5.74) is 0. The number of hydrogen-bond acceptors (Lipinski definition) is 8. The summed E-state index contributed by atoms with van der Waals surface area (Å²) in [6.45, 7) is 0. The Kier molecular flexibility index (Phi) is 5.98. The molecule has 0 saturated heterocycles. The molecule has 0 N–H and O–H groups in total. The van der Waals surface area contributed by atoms with Gasteiger partial charge in [0.25, 0.3) is 0 Å². The lowest BCUT2D eigenvalue weighted by Gasteiger charge is -2.07. The number of hydrogen-bond donors (Lipinski definition) is 0. The van der Waals surface area contributed by atoms with Crippen molar-refractivity contribution in [2.75, 3.05) is 0 Å². The molecule has 0 fully saturated rings. The average Bonchev–Trinajstić information content (AvgIpc) is 2.70. The summed E-state index contributed by atoms with van der Waals surface area (Å²) in [6.07, 6.45) is 5.31. The Morgan fingerprint density at radius 1 is 0.481 bits per heavy atom. The molecular weight excluding hydrogens is 394 g/mol. The summed E-state index contributed by atoms with van der Waals surface area (Å²) in [6, 6.07) is 19.4. The summed E-state index contributed by atoms with van der Waals surface area (Å²) < 4.78 is 0. The number of pyridine rings is 3. The molecule has 0 radical (unpaired) electrons. The molecule has 4 aromatic heterocycles. The van der Waals surface area contributed by atoms with Gasteiger partial charge in [-0.2, -0.15) is 0 Å². The SMILES string of the molecule is c1ccc(Sc2cc(Sc3ccccn3)nc(Sc3ccccn3)n2)nc1. The molecule has 0 aliphatic carbocycles.